The number of fused-ring (bicyclic) bond motifs is 3. The molecule has 6 rings (SSSR count). The van der Waals surface area contributed by atoms with Gasteiger partial charge < -0.3 is 79.3 Å². The van der Waals surface area contributed by atoms with Gasteiger partial charge in [-0.15, -0.1) is 5.10 Å². The smallest absolute Gasteiger partial charge is 0.312 e. The van der Waals surface area contributed by atoms with Crippen molar-refractivity contribution in [2.45, 2.75) is 182 Å². The number of anilines is 2. The first-order chi connectivity index (χ1) is 54.3. The number of esters is 1. The van der Waals surface area contributed by atoms with Gasteiger partial charge in [-0.3, -0.25) is 43.2 Å². The maximum atomic E-state index is 14.5. The van der Waals surface area contributed by atoms with E-state index >= 15 is 0 Å². The van der Waals surface area contributed by atoms with E-state index in [1.54, 1.807) is 56.9 Å². The third-order valence-corrected chi connectivity index (χ3v) is 18.7. The molecule has 112 heavy (non-hydrogen) atoms. The molecule has 0 spiro atoms. The average Bonchev–Trinajstić information content (AvgIpc) is 1.46. The number of carbonyl (C=O) groups is 10. The molecule has 1 unspecified atom stereocenters. The number of Topliss-reactive ketones (excluding diaryl/α,β-unsaturated/α-hetero) is 4. The quantitative estimate of drug-likeness (QED) is 0.0157. The Labute approximate surface area is 658 Å². The van der Waals surface area contributed by atoms with Crippen molar-refractivity contribution in [1.29, 1.82) is 0 Å². The number of para-hydroxylation sites is 1. The Balaban J connectivity index is 0.921. The highest BCUT2D eigenvalue weighted by Gasteiger charge is 2.33. The fourth-order valence-electron chi connectivity index (χ4n) is 12.4. The number of unbranched alkanes of at least 4 members (excludes halogenated alkanes) is 1. The lowest BCUT2D eigenvalue weighted by Crippen LogP contribution is -2.48. The Morgan fingerprint density at radius 2 is 1.18 bits per heavy atom. The fraction of sp³-hybridized carbons (Fsp3) is 0.614. The lowest BCUT2D eigenvalue weighted by Gasteiger charge is -2.26. The monoisotopic (exact) mass is 1560 g/mol. The van der Waals surface area contributed by atoms with Gasteiger partial charge in [-0.2, -0.15) is 0 Å². The predicted molar refractivity (Wildman–Crippen MR) is 417 cm³/mol. The lowest BCUT2D eigenvalue weighted by atomic mass is 9.88. The van der Waals surface area contributed by atoms with Crippen molar-refractivity contribution in [3.63, 3.8) is 0 Å². The van der Waals surface area contributed by atoms with E-state index in [0.717, 1.165) is 53.8 Å². The zero-order valence-electron chi connectivity index (χ0n) is 66.2. The summed E-state index contributed by atoms with van der Waals surface area (Å²) in [5, 5.41) is 20.2. The number of hydrogen-bond donors (Lipinski definition) is 5. The van der Waals surface area contributed by atoms with Crippen LogP contribution in [0.2, 0.25) is 0 Å². The summed E-state index contributed by atoms with van der Waals surface area (Å²) in [7, 11) is 0. The molecule has 0 bridgehead atoms. The van der Waals surface area contributed by atoms with Crippen LogP contribution >= 0.6 is 0 Å². The molecular formula is C83H119N9O20. The standard InChI is InChI=1S/C83H119N9O20/c1-60(2)78(74(96)56-67(21-15-37-86-83(84)102)80(99)87-69-30-26-63(27-31-69)58-112-82(101)61(3)4)88-81(100)66(19-13-14-36-85-76(97)59-111-75-25-8-6-7-24-73-79(75)89-90-92(73)38-42-106-46-50-110-54-53-108-48-44-104-40-34-62(5)93)55-71(95)35-41-105-45-49-109-52-51-107-47-43-103-39-16-22-70(94)32-33-77(98)91-57-68-20-10-9-17-64(68)28-29-65-18-11-12-23-72(65)91/h9-12,17-18,20,23,26-27,30-31,60-61,66-67,75,78H,6-8,13-16,19,21-22,24-25,32-59H2,1-5H3,(H,85,97)(H,87,99)(H,88,100)(H3,84,86,102)/t66-,67+,75?,78-/m0/s1. The molecule has 0 saturated carbocycles. The molecule has 2 heterocycles. The van der Waals surface area contributed by atoms with E-state index in [0.29, 0.717) is 154 Å². The summed E-state index contributed by atoms with van der Waals surface area (Å²) < 4.78 is 58.5. The van der Waals surface area contributed by atoms with Crippen molar-refractivity contribution in [1.82, 2.24) is 30.9 Å². The average molecular weight is 1560 g/mol. The number of ketones is 4. The molecule has 1 aliphatic carbocycles. The largest absolute Gasteiger partial charge is 0.461 e. The Hall–Kier alpha value is -8.70. The molecule has 2 aliphatic rings. The number of amides is 6. The van der Waals surface area contributed by atoms with Gasteiger partial charge >= 0.3 is 12.0 Å². The maximum Gasteiger partial charge on any atom is 0.312 e. The molecular weight excluding hydrogens is 1440 g/mol. The molecule has 1 aliphatic heterocycles. The second-order valence-corrected chi connectivity index (χ2v) is 28.5. The number of nitrogens with two attached hydrogens (primary N) is 1. The molecule has 0 radical (unpaired) electrons. The van der Waals surface area contributed by atoms with Gasteiger partial charge in [-0.1, -0.05) is 106 Å². The zero-order chi connectivity index (χ0) is 80.5. The van der Waals surface area contributed by atoms with E-state index in [2.05, 4.69) is 43.4 Å². The zero-order valence-corrected chi connectivity index (χ0v) is 66.2. The number of rotatable bonds is 59. The summed E-state index contributed by atoms with van der Waals surface area (Å²) in [5.41, 5.74) is 11.4. The van der Waals surface area contributed by atoms with E-state index in [9.17, 15) is 47.9 Å². The maximum absolute atomic E-state index is 14.5. The van der Waals surface area contributed by atoms with Crippen LogP contribution in [0, 0.1) is 35.5 Å². The number of nitrogens with zero attached hydrogens (tertiary/aromatic N) is 4. The molecule has 6 N–H and O–H groups in total. The molecule has 1 aromatic heterocycles. The number of aromatic nitrogens is 3. The van der Waals surface area contributed by atoms with Crippen molar-refractivity contribution >= 4 is 70.1 Å². The summed E-state index contributed by atoms with van der Waals surface area (Å²) in [6.45, 7) is 15.0. The van der Waals surface area contributed by atoms with Crippen LogP contribution in [-0.2, 0) is 117 Å². The minimum absolute atomic E-state index is 0.00453. The van der Waals surface area contributed by atoms with Gasteiger partial charge in [0.1, 0.15) is 42.4 Å². The number of ether oxygens (including phenoxy) is 10. The summed E-state index contributed by atoms with van der Waals surface area (Å²) in [6, 6.07) is 20.3. The van der Waals surface area contributed by atoms with Crippen molar-refractivity contribution in [2.75, 3.05) is 136 Å². The molecule has 0 saturated heterocycles. The van der Waals surface area contributed by atoms with Crippen LogP contribution in [0.15, 0.2) is 72.8 Å². The first-order valence-electron chi connectivity index (χ1n) is 39.6. The molecule has 4 aromatic rings. The van der Waals surface area contributed by atoms with Crippen LogP contribution in [0.25, 0.3) is 0 Å². The molecule has 0 fully saturated rings. The van der Waals surface area contributed by atoms with E-state index < -0.39 is 53.5 Å². The van der Waals surface area contributed by atoms with Crippen molar-refractivity contribution in [2.24, 2.45) is 29.4 Å². The summed E-state index contributed by atoms with van der Waals surface area (Å²) in [4.78, 5) is 133. The topological polar surface area (TPSA) is 371 Å². The van der Waals surface area contributed by atoms with E-state index in [1.165, 1.54) is 6.92 Å². The number of carbonyl (C=O) groups excluding carboxylic acids is 10. The van der Waals surface area contributed by atoms with Gasteiger partial charge in [0.2, 0.25) is 23.6 Å². The Morgan fingerprint density at radius 3 is 1.84 bits per heavy atom. The van der Waals surface area contributed by atoms with Crippen molar-refractivity contribution in [3.05, 3.63) is 106 Å². The SMILES string of the molecule is CC(=O)CCOCCOCCOCCOCCn1nnc2c1CCCCCC2OCC(=O)NCCCC[C@@H](CC(=O)CCOCCOCCOCCOCCCC(=O)CCC(=O)N1Cc2ccccc2C#Cc2ccccc21)C(=O)N[C@H](C(=O)C[C@@H](CCCNC(N)=O)C(=O)Nc1ccc(COC(=O)C(C)C)cc1)C(C)C. The highest BCUT2D eigenvalue weighted by molar-refractivity contribution is 5.99. The molecule has 29 nitrogen and oxygen atoms in total. The Morgan fingerprint density at radius 1 is 0.580 bits per heavy atom. The highest BCUT2D eigenvalue weighted by atomic mass is 16.6. The number of nitrogens with one attached hydrogen (secondary N) is 4. The highest BCUT2D eigenvalue weighted by Crippen LogP contribution is 2.31. The predicted octanol–water partition coefficient (Wildman–Crippen LogP) is 8.39. The van der Waals surface area contributed by atoms with Crippen LogP contribution in [0.1, 0.15) is 184 Å². The van der Waals surface area contributed by atoms with Gasteiger partial charge in [-0.25, -0.2) is 9.48 Å². The normalized spacial score (nSPS) is 14.0. The van der Waals surface area contributed by atoms with Crippen LogP contribution in [0.3, 0.4) is 0 Å². The van der Waals surface area contributed by atoms with Crippen molar-refractivity contribution < 1.29 is 95.3 Å². The van der Waals surface area contributed by atoms with Crippen LogP contribution in [0.4, 0.5) is 16.2 Å². The minimum Gasteiger partial charge on any atom is -0.461 e. The number of benzene rings is 3. The van der Waals surface area contributed by atoms with Crippen LogP contribution < -0.4 is 31.9 Å². The van der Waals surface area contributed by atoms with Gasteiger partial charge in [0.05, 0.1) is 136 Å². The third-order valence-electron chi connectivity index (χ3n) is 18.7. The van der Waals surface area contributed by atoms with E-state index in [-0.39, 0.29) is 139 Å². The van der Waals surface area contributed by atoms with E-state index in [1.807, 2.05) is 53.2 Å². The lowest BCUT2D eigenvalue weighted by molar-refractivity contribution is -0.148. The number of primary amides is 1. The van der Waals surface area contributed by atoms with Crippen LogP contribution in [-0.4, -0.2) is 205 Å². The number of hydrogen-bond acceptors (Lipinski definition) is 22. The van der Waals surface area contributed by atoms with Gasteiger partial charge in [0, 0.05) is 93.3 Å². The molecule has 616 valence electrons. The van der Waals surface area contributed by atoms with Gasteiger partial charge in [0.25, 0.3) is 0 Å². The summed E-state index contributed by atoms with van der Waals surface area (Å²) >= 11 is 0. The first kappa shape index (κ1) is 92.2. The molecule has 6 amide bonds. The Bertz CT molecular complexity index is 3610. The van der Waals surface area contributed by atoms with Gasteiger partial charge in [-0.05, 0) is 106 Å². The summed E-state index contributed by atoms with van der Waals surface area (Å²) in [5.74, 6) is 1.61. The van der Waals surface area contributed by atoms with Crippen molar-refractivity contribution in [3.8, 4) is 11.8 Å². The van der Waals surface area contributed by atoms with Crippen LogP contribution in [0.5, 0.6) is 0 Å². The summed E-state index contributed by atoms with van der Waals surface area (Å²) in [6.07, 6.45) is 6.47. The number of urea groups is 1. The molecule has 4 atom stereocenters. The fourth-order valence-corrected chi connectivity index (χ4v) is 12.4. The second kappa shape index (κ2) is 54.1. The Kier molecular flexibility index (Phi) is 44.5. The first-order valence-corrected chi connectivity index (χ1v) is 39.6. The van der Waals surface area contributed by atoms with E-state index in [4.69, 9.17) is 53.1 Å². The second-order valence-electron chi connectivity index (χ2n) is 28.5. The van der Waals surface area contributed by atoms with Gasteiger partial charge in [0.15, 0.2) is 5.78 Å². The molecule has 29 heteroatoms. The third kappa shape index (κ3) is 36.8. The molecule has 3 aromatic carbocycles. The minimum atomic E-state index is -1.04.